The molecule has 0 bridgehead atoms. The molecule has 1 aromatic carbocycles. The minimum atomic E-state index is -0.791. The van der Waals surface area contributed by atoms with Crippen LogP contribution in [0.4, 0.5) is 0 Å². The molecular weight excluding hydrogens is 258 g/mol. The zero-order valence-corrected chi connectivity index (χ0v) is 12.0. The summed E-state index contributed by atoms with van der Waals surface area (Å²) < 4.78 is 11.3. The monoisotopic (exact) mass is 279 g/mol. The molecule has 1 fully saturated rings. The third-order valence-corrected chi connectivity index (χ3v) is 3.50. The molecule has 1 atom stereocenters. The molecular formula is C15H21NO4. The average Bonchev–Trinajstić information content (AvgIpc) is 2.82. The number of carboxylic acid groups (broad SMARTS) is 1. The van der Waals surface area contributed by atoms with Gasteiger partial charge in [-0.3, -0.25) is 4.79 Å². The van der Waals surface area contributed by atoms with Crippen LogP contribution in [-0.4, -0.2) is 49.3 Å². The minimum absolute atomic E-state index is 0.123. The maximum atomic E-state index is 10.6. The van der Waals surface area contributed by atoms with Crippen molar-refractivity contribution in [2.75, 3.05) is 27.2 Å². The van der Waals surface area contributed by atoms with E-state index in [0.717, 1.165) is 25.1 Å². The fourth-order valence-electron chi connectivity index (χ4n) is 2.39. The predicted octanol–water partition coefficient (Wildman–Crippen LogP) is 1.80. The number of rotatable bonds is 6. The Kier molecular flexibility index (Phi) is 4.84. The highest BCUT2D eigenvalue weighted by Crippen LogP contribution is 2.30. The van der Waals surface area contributed by atoms with Crippen LogP contribution in [0.15, 0.2) is 18.2 Å². The molecule has 0 aromatic heterocycles. The van der Waals surface area contributed by atoms with Crippen LogP contribution in [0, 0.1) is 0 Å². The van der Waals surface area contributed by atoms with Gasteiger partial charge in [-0.1, -0.05) is 6.07 Å². The summed E-state index contributed by atoms with van der Waals surface area (Å²) in [7, 11) is 3.68. The van der Waals surface area contributed by atoms with Crippen molar-refractivity contribution in [1.29, 1.82) is 0 Å². The van der Waals surface area contributed by atoms with Gasteiger partial charge in [0, 0.05) is 19.5 Å². The summed E-state index contributed by atoms with van der Waals surface area (Å²) in [6, 6.07) is 5.61. The molecule has 1 aliphatic rings. The number of hydrogen-bond acceptors (Lipinski definition) is 4. The maximum absolute atomic E-state index is 10.6. The first-order valence-corrected chi connectivity index (χ1v) is 6.82. The Morgan fingerprint density at radius 2 is 2.25 bits per heavy atom. The van der Waals surface area contributed by atoms with E-state index in [0.29, 0.717) is 17.9 Å². The molecule has 110 valence electrons. The third-order valence-electron chi connectivity index (χ3n) is 3.50. The summed E-state index contributed by atoms with van der Waals surface area (Å²) >= 11 is 0. The summed E-state index contributed by atoms with van der Waals surface area (Å²) in [6.07, 6.45) is 1.79. The number of aliphatic carboxylic acids is 1. The quantitative estimate of drug-likeness (QED) is 0.860. The third kappa shape index (κ3) is 3.87. The van der Waals surface area contributed by atoms with Crippen molar-refractivity contribution < 1.29 is 19.4 Å². The molecule has 1 N–H and O–H groups in total. The van der Waals surface area contributed by atoms with Gasteiger partial charge in [0.15, 0.2) is 11.5 Å². The molecule has 0 radical (unpaired) electrons. The molecule has 0 saturated carbocycles. The summed E-state index contributed by atoms with van der Waals surface area (Å²) in [5.74, 6) is 0.607. The molecule has 5 heteroatoms. The lowest BCUT2D eigenvalue weighted by atomic mass is 10.1. The molecule has 1 unspecified atom stereocenters. The smallest absolute Gasteiger partial charge is 0.303 e. The van der Waals surface area contributed by atoms with Gasteiger partial charge in [-0.05, 0) is 37.6 Å². The minimum Gasteiger partial charge on any atom is -0.493 e. The second-order valence-corrected chi connectivity index (χ2v) is 5.17. The Balaban J connectivity index is 2.07. The first-order chi connectivity index (χ1) is 9.58. The molecule has 1 aliphatic heterocycles. The lowest BCUT2D eigenvalue weighted by Gasteiger charge is -2.17. The average molecular weight is 279 g/mol. The zero-order chi connectivity index (χ0) is 14.5. The summed E-state index contributed by atoms with van der Waals surface area (Å²) in [5.41, 5.74) is 0.953. The number of methoxy groups -OCH3 is 1. The largest absolute Gasteiger partial charge is 0.493 e. The topological polar surface area (TPSA) is 59.0 Å². The fraction of sp³-hybridized carbons (Fsp3) is 0.533. The molecule has 20 heavy (non-hydrogen) atoms. The SMILES string of the molecule is COc1ccc(CCC(=O)O)cc1OC1CCN(C)C1. The van der Waals surface area contributed by atoms with Gasteiger partial charge in [0.05, 0.1) is 7.11 Å². The van der Waals surface area contributed by atoms with Crippen molar-refractivity contribution in [3.63, 3.8) is 0 Å². The Hall–Kier alpha value is -1.75. The Morgan fingerprint density at radius 1 is 1.45 bits per heavy atom. The van der Waals surface area contributed by atoms with E-state index in [1.165, 1.54) is 0 Å². The van der Waals surface area contributed by atoms with Crippen LogP contribution in [0.25, 0.3) is 0 Å². The number of benzene rings is 1. The summed E-state index contributed by atoms with van der Waals surface area (Å²) in [5, 5.41) is 8.74. The van der Waals surface area contributed by atoms with Crippen LogP contribution < -0.4 is 9.47 Å². The van der Waals surface area contributed by atoms with Gasteiger partial charge in [0.25, 0.3) is 0 Å². The van der Waals surface area contributed by atoms with Crippen molar-refractivity contribution >= 4 is 5.97 Å². The number of likely N-dealkylation sites (N-methyl/N-ethyl adjacent to an activating group) is 1. The summed E-state index contributed by atoms with van der Waals surface area (Å²) in [6.45, 7) is 1.94. The van der Waals surface area contributed by atoms with Gasteiger partial charge in [0.2, 0.25) is 0 Å². The number of carboxylic acids is 1. The van der Waals surface area contributed by atoms with E-state index >= 15 is 0 Å². The zero-order valence-electron chi connectivity index (χ0n) is 12.0. The molecule has 2 rings (SSSR count). The number of nitrogens with zero attached hydrogens (tertiary/aromatic N) is 1. The van der Waals surface area contributed by atoms with Crippen LogP contribution in [0.1, 0.15) is 18.4 Å². The first kappa shape index (κ1) is 14.7. The Morgan fingerprint density at radius 3 is 2.85 bits per heavy atom. The first-order valence-electron chi connectivity index (χ1n) is 6.82. The standard InChI is InChI=1S/C15H21NO4/c1-16-8-7-12(10-16)20-14-9-11(4-6-15(17)18)3-5-13(14)19-2/h3,5,9,12H,4,6-8,10H2,1-2H3,(H,17,18). The lowest BCUT2D eigenvalue weighted by molar-refractivity contribution is -0.136. The van der Waals surface area contributed by atoms with E-state index < -0.39 is 5.97 Å². The van der Waals surface area contributed by atoms with Gasteiger partial charge in [0.1, 0.15) is 6.10 Å². The Bertz CT molecular complexity index is 475. The molecule has 0 spiro atoms. The molecule has 0 aliphatic carbocycles. The molecule has 1 heterocycles. The van der Waals surface area contributed by atoms with E-state index in [4.69, 9.17) is 14.6 Å². The van der Waals surface area contributed by atoms with Gasteiger partial charge in [-0.25, -0.2) is 0 Å². The normalized spacial score (nSPS) is 19.0. The number of carbonyl (C=O) groups is 1. The molecule has 1 saturated heterocycles. The van der Waals surface area contributed by atoms with Crippen molar-refractivity contribution in [2.45, 2.75) is 25.4 Å². The number of hydrogen-bond donors (Lipinski definition) is 1. The maximum Gasteiger partial charge on any atom is 0.303 e. The van der Waals surface area contributed by atoms with E-state index in [-0.39, 0.29) is 12.5 Å². The van der Waals surface area contributed by atoms with E-state index in [1.807, 2.05) is 18.2 Å². The van der Waals surface area contributed by atoms with Gasteiger partial charge >= 0.3 is 5.97 Å². The molecule has 0 amide bonds. The van der Waals surface area contributed by atoms with Gasteiger partial charge < -0.3 is 19.5 Å². The van der Waals surface area contributed by atoms with Crippen molar-refractivity contribution in [3.05, 3.63) is 23.8 Å². The number of aryl methyl sites for hydroxylation is 1. The van der Waals surface area contributed by atoms with Crippen LogP contribution in [0.3, 0.4) is 0 Å². The van der Waals surface area contributed by atoms with E-state index in [9.17, 15) is 4.79 Å². The Labute approximate surface area is 119 Å². The highest BCUT2D eigenvalue weighted by molar-refractivity contribution is 5.67. The lowest BCUT2D eigenvalue weighted by Crippen LogP contribution is -2.21. The van der Waals surface area contributed by atoms with Crippen LogP contribution >= 0.6 is 0 Å². The van der Waals surface area contributed by atoms with E-state index in [1.54, 1.807) is 7.11 Å². The van der Waals surface area contributed by atoms with Crippen molar-refractivity contribution in [1.82, 2.24) is 4.90 Å². The predicted molar refractivity (Wildman–Crippen MR) is 75.5 cm³/mol. The number of ether oxygens (including phenoxy) is 2. The highest BCUT2D eigenvalue weighted by atomic mass is 16.5. The van der Waals surface area contributed by atoms with E-state index in [2.05, 4.69) is 11.9 Å². The second kappa shape index (κ2) is 6.61. The van der Waals surface area contributed by atoms with Crippen LogP contribution in [0.5, 0.6) is 11.5 Å². The van der Waals surface area contributed by atoms with Gasteiger partial charge in [-0.15, -0.1) is 0 Å². The van der Waals surface area contributed by atoms with Crippen molar-refractivity contribution in [3.8, 4) is 11.5 Å². The van der Waals surface area contributed by atoms with Crippen LogP contribution in [0.2, 0.25) is 0 Å². The highest BCUT2D eigenvalue weighted by Gasteiger charge is 2.22. The fourth-order valence-corrected chi connectivity index (χ4v) is 2.39. The van der Waals surface area contributed by atoms with Crippen molar-refractivity contribution in [2.24, 2.45) is 0 Å². The second-order valence-electron chi connectivity index (χ2n) is 5.17. The number of likely N-dealkylation sites (tertiary alicyclic amines) is 1. The molecule has 5 nitrogen and oxygen atoms in total. The van der Waals surface area contributed by atoms with Gasteiger partial charge in [-0.2, -0.15) is 0 Å². The van der Waals surface area contributed by atoms with Crippen LogP contribution in [-0.2, 0) is 11.2 Å². The molecule has 1 aromatic rings. The summed E-state index contributed by atoms with van der Waals surface area (Å²) in [4.78, 5) is 12.9.